The Morgan fingerprint density at radius 1 is 1.04 bits per heavy atom. The van der Waals surface area contributed by atoms with Crippen LogP contribution in [0.15, 0.2) is 53.4 Å². The highest BCUT2D eigenvalue weighted by atomic mass is 32.2. The molecular weight excluding hydrogens is 348 g/mol. The van der Waals surface area contributed by atoms with Gasteiger partial charge in [0.25, 0.3) is 5.91 Å². The van der Waals surface area contributed by atoms with Gasteiger partial charge >= 0.3 is 0 Å². The number of rotatable bonds is 7. The van der Waals surface area contributed by atoms with E-state index in [4.69, 9.17) is 0 Å². The van der Waals surface area contributed by atoms with Crippen molar-refractivity contribution in [1.29, 1.82) is 0 Å². The first-order valence-electron chi connectivity index (χ1n) is 8.68. The van der Waals surface area contributed by atoms with Crippen LogP contribution in [0, 0.1) is 0 Å². The molecule has 1 N–H and O–H groups in total. The molecule has 0 aliphatic rings. The molecule has 0 fully saturated rings. The number of benzene rings is 2. The zero-order valence-corrected chi connectivity index (χ0v) is 16.5. The van der Waals surface area contributed by atoms with Crippen LogP contribution < -0.4 is 4.72 Å². The van der Waals surface area contributed by atoms with E-state index >= 15 is 0 Å². The van der Waals surface area contributed by atoms with Crippen LogP contribution in [0.5, 0.6) is 0 Å². The molecule has 6 heteroatoms. The number of hydrogen-bond donors (Lipinski definition) is 1. The van der Waals surface area contributed by atoms with Crippen molar-refractivity contribution < 1.29 is 13.2 Å². The summed E-state index contributed by atoms with van der Waals surface area (Å²) in [6.45, 7) is 6.82. The summed E-state index contributed by atoms with van der Waals surface area (Å²) in [5, 5.41) is 0. The SMILES string of the molecule is CCNS(=O)(=O)c1ccc(C(=O)N(C)Cc2ccc(C(C)C)cc2)cc1. The molecule has 1 amide bonds. The summed E-state index contributed by atoms with van der Waals surface area (Å²) in [5.74, 6) is 0.325. The van der Waals surface area contributed by atoms with Crippen molar-refractivity contribution in [1.82, 2.24) is 9.62 Å². The monoisotopic (exact) mass is 374 g/mol. The summed E-state index contributed by atoms with van der Waals surface area (Å²) < 4.78 is 26.3. The lowest BCUT2D eigenvalue weighted by molar-refractivity contribution is 0.0785. The average molecular weight is 375 g/mol. The van der Waals surface area contributed by atoms with E-state index in [1.165, 1.54) is 17.7 Å². The quantitative estimate of drug-likeness (QED) is 0.808. The summed E-state index contributed by atoms with van der Waals surface area (Å²) in [7, 11) is -1.77. The molecule has 0 aliphatic heterocycles. The number of sulfonamides is 1. The zero-order chi connectivity index (χ0) is 19.3. The fourth-order valence-electron chi connectivity index (χ4n) is 2.62. The lowest BCUT2D eigenvalue weighted by Gasteiger charge is -2.18. The van der Waals surface area contributed by atoms with E-state index in [0.29, 0.717) is 24.6 Å². The number of amides is 1. The molecule has 0 saturated carbocycles. The lowest BCUT2D eigenvalue weighted by atomic mass is 10.0. The van der Waals surface area contributed by atoms with Crippen LogP contribution in [-0.2, 0) is 16.6 Å². The molecule has 2 aromatic rings. The topological polar surface area (TPSA) is 66.5 Å². The summed E-state index contributed by atoms with van der Waals surface area (Å²) in [6, 6.07) is 14.2. The van der Waals surface area contributed by atoms with Gasteiger partial charge in [0.15, 0.2) is 0 Å². The van der Waals surface area contributed by atoms with Gasteiger partial charge in [-0.1, -0.05) is 45.0 Å². The standard InChI is InChI=1S/C20H26N2O3S/c1-5-21-26(24,25)19-12-10-18(11-13-19)20(23)22(4)14-16-6-8-17(9-7-16)15(2)3/h6-13,15,21H,5,14H2,1-4H3. The Hall–Kier alpha value is -2.18. The molecular formula is C20H26N2O3S. The molecule has 26 heavy (non-hydrogen) atoms. The fourth-order valence-corrected chi connectivity index (χ4v) is 3.67. The first-order chi connectivity index (χ1) is 12.2. The van der Waals surface area contributed by atoms with E-state index in [1.807, 2.05) is 12.1 Å². The third kappa shape index (κ3) is 4.93. The van der Waals surface area contributed by atoms with Crippen molar-refractivity contribution in [2.45, 2.75) is 38.1 Å². The Bertz CT molecular complexity index is 842. The summed E-state index contributed by atoms with van der Waals surface area (Å²) >= 11 is 0. The van der Waals surface area contributed by atoms with Crippen LogP contribution in [0.25, 0.3) is 0 Å². The van der Waals surface area contributed by atoms with E-state index in [9.17, 15) is 13.2 Å². The molecule has 2 aromatic carbocycles. The van der Waals surface area contributed by atoms with Crippen molar-refractivity contribution in [3.05, 3.63) is 65.2 Å². The number of nitrogens with one attached hydrogen (secondary N) is 1. The van der Waals surface area contributed by atoms with Crippen LogP contribution in [0.2, 0.25) is 0 Å². The van der Waals surface area contributed by atoms with E-state index in [1.54, 1.807) is 31.0 Å². The van der Waals surface area contributed by atoms with Gasteiger partial charge in [0.2, 0.25) is 10.0 Å². The van der Waals surface area contributed by atoms with Crippen LogP contribution in [0.1, 0.15) is 48.2 Å². The first-order valence-corrected chi connectivity index (χ1v) is 10.2. The number of carbonyl (C=O) groups is 1. The smallest absolute Gasteiger partial charge is 0.253 e. The molecule has 0 unspecified atom stereocenters. The van der Waals surface area contributed by atoms with Gasteiger partial charge in [-0.2, -0.15) is 0 Å². The maximum Gasteiger partial charge on any atom is 0.253 e. The van der Waals surface area contributed by atoms with Crippen LogP contribution in [-0.4, -0.2) is 32.8 Å². The fraction of sp³-hybridized carbons (Fsp3) is 0.350. The first kappa shape index (κ1) is 20.1. The van der Waals surface area contributed by atoms with Gasteiger partial charge in [-0.05, 0) is 41.3 Å². The Kier molecular flexibility index (Phi) is 6.56. The van der Waals surface area contributed by atoms with Gasteiger partial charge in [0, 0.05) is 25.7 Å². The Morgan fingerprint density at radius 3 is 2.12 bits per heavy atom. The number of nitrogens with zero attached hydrogens (tertiary/aromatic N) is 1. The average Bonchev–Trinajstić information content (AvgIpc) is 2.61. The third-order valence-electron chi connectivity index (χ3n) is 4.16. The van der Waals surface area contributed by atoms with Gasteiger partial charge < -0.3 is 4.90 Å². The van der Waals surface area contributed by atoms with Crippen molar-refractivity contribution in [2.24, 2.45) is 0 Å². The second-order valence-electron chi connectivity index (χ2n) is 6.58. The predicted molar refractivity (Wildman–Crippen MR) is 104 cm³/mol. The van der Waals surface area contributed by atoms with E-state index in [0.717, 1.165) is 5.56 Å². The largest absolute Gasteiger partial charge is 0.337 e. The highest BCUT2D eigenvalue weighted by Gasteiger charge is 2.16. The van der Waals surface area contributed by atoms with Gasteiger partial charge in [-0.3, -0.25) is 4.79 Å². The Labute approximate surface area is 156 Å². The molecule has 2 rings (SSSR count). The van der Waals surface area contributed by atoms with Crippen molar-refractivity contribution in [3.63, 3.8) is 0 Å². The zero-order valence-electron chi connectivity index (χ0n) is 15.7. The van der Waals surface area contributed by atoms with E-state index in [2.05, 4.69) is 30.7 Å². The van der Waals surface area contributed by atoms with Crippen molar-refractivity contribution >= 4 is 15.9 Å². The highest BCUT2D eigenvalue weighted by molar-refractivity contribution is 7.89. The highest BCUT2D eigenvalue weighted by Crippen LogP contribution is 2.17. The van der Waals surface area contributed by atoms with Gasteiger partial charge in [0.05, 0.1) is 4.90 Å². The molecule has 0 aromatic heterocycles. The van der Waals surface area contributed by atoms with Crippen molar-refractivity contribution in [3.8, 4) is 0 Å². The predicted octanol–water partition coefficient (Wildman–Crippen LogP) is 3.38. The maximum absolute atomic E-state index is 12.6. The van der Waals surface area contributed by atoms with Gasteiger partial charge in [-0.25, -0.2) is 13.1 Å². The normalized spacial score (nSPS) is 11.6. The Balaban J connectivity index is 2.08. The van der Waals surface area contributed by atoms with Crippen molar-refractivity contribution in [2.75, 3.05) is 13.6 Å². The molecule has 0 bridgehead atoms. The third-order valence-corrected chi connectivity index (χ3v) is 5.72. The molecule has 0 aliphatic carbocycles. The maximum atomic E-state index is 12.6. The summed E-state index contributed by atoms with van der Waals surface area (Å²) in [5.41, 5.74) is 2.78. The molecule has 140 valence electrons. The molecule has 0 atom stereocenters. The van der Waals surface area contributed by atoms with Crippen LogP contribution in [0.3, 0.4) is 0 Å². The van der Waals surface area contributed by atoms with Crippen LogP contribution >= 0.6 is 0 Å². The number of carbonyl (C=O) groups excluding carboxylic acids is 1. The van der Waals surface area contributed by atoms with Gasteiger partial charge in [0.1, 0.15) is 0 Å². The van der Waals surface area contributed by atoms with E-state index in [-0.39, 0.29) is 10.8 Å². The summed E-state index contributed by atoms with van der Waals surface area (Å²) in [6.07, 6.45) is 0. The van der Waals surface area contributed by atoms with Crippen LogP contribution in [0.4, 0.5) is 0 Å². The molecule has 5 nitrogen and oxygen atoms in total. The minimum Gasteiger partial charge on any atom is -0.337 e. The second-order valence-corrected chi connectivity index (χ2v) is 8.35. The minimum atomic E-state index is -3.51. The van der Waals surface area contributed by atoms with Gasteiger partial charge in [-0.15, -0.1) is 0 Å². The molecule has 0 spiro atoms. The lowest BCUT2D eigenvalue weighted by Crippen LogP contribution is -2.26. The number of hydrogen-bond acceptors (Lipinski definition) is 3. The molecule has 0 heterocycles. The minimum absolute atomic E-state index is 0.148. The Morgan fingerprint density at radius 2 is 1.62 bits per heavy atom. The molecule has 0 radical (unpaired) electrons. The summed E-state index contributed by atoms with van der Waals surface area (Å²) in [4.78, 5) is 14.4. The molecule has 0 saturated heterocycles. The van der Waals surface area contributed by atoms with E-state index < -0.39 is 10.0 Å². The second kappa shape index (κ2) is 8.47.